The lowest BCUT2D eigenvalue weighted by Gasteiger charge is -2.40. The maximum absolute atomic E-state index is 11.4. The van der Waals surface area contributed by atoms with Gasteiger partial charge in [0, 0.05) is 25.3 Å². The molecule has 0 unspecified atom stereocenters. The van der Waals surface area contributed by atoms with Gasteiger partial charge in [0.15, 0.2) is 0 Å². The zero-order valence-corrected chi connectivity index (χ0v) is 16.0. The van der Waals surface area contributed by atoms with E-state index in [0.717, 1.165) is 31.4 Å². The van der Waals surface area contributed by atoms with Gasteiger partial charge in [-0.2, -0.15) is 0 Å². The summed E-state index contributed by atoms with van der Waals surface area (Å²) in [5.74, 6) is 1.47. The molecule has 1 aromatic rings. The number of carbonyl (C=O) groups is 1. The van der Waals surface area contributed by atoms with E-state index in [1.807, 2.05) is 6.26 Å². The molecule has 0 fully saturated rings. The highest BCUT2D eigenvalue weighted by Crippen LogP contribution is 2.46. The predicted octanol–water partition coefficient (Wildman–Crippen LogP) is 5.28. The molecular weight excluding hydrogens is 312 g/mol. The highest BCUT2D eigenvalue weighted by Gasteiger charge is 2.39. The molecule has 2 aliphatic rings. The van der Waals surface area contributed by atoms with Gasteiger partial charge in [0.2, 0.25) is 0 Å². The molecule has 25 heavy (non-hydrogen) atoms. The fourth-order valence-electron chi connectivity index (χ4n) is 4.67. The van der Waals surface area contributed by atoms with Crippen LogP contribution < -0.4 is 0 Å². The van der Waals surface area contributed by atoms with E-state index in [2.05, 4.69) is 33.4 Å². The van der Waals surface area contributed by atoms with Crippen molar-refractivity contribution in [2.24, 2.45) is 5.92 Å². The molecule has 0 radical (unpaired) electrons. The molecule has 0 saturated carbocycles. The lowest BCUT2D eigenvalue weighted by Crippen LogP contribution is -2.34. The SMILES string of the molecule is C=C1CC[C@@H]2CCc3coc(c3C2(C)C)C/C(C)=C/[C@@H](OC(C)=O)C1. The quantitative estimate of drug-likeness (QED) is 0.515. The van der Waals surface area contributed by atoms with Crippen molar-refractivity contribution in [3.63, 3.8) is 0 Å². The first-order valence-corrected chi connectivity index (χ1v) is 9.38. The summed E-state index contributed by atoms with van der Waals surface area (Å²) in [5.41, 5.74) is 5.26. The molecule has 136 valence electrons. The number of ether oxygens (including phenoxy) is 1. The number of carbonyl (C=O) groups excluding carboxylic acids is 1. The molecule has 0 N–H and O–H groups in total. The first-order chi connectivity index (χ1) is 11.8. The second-order valence-corrected chi connectivity index (χ2v) is 8.35. The predicted molar refractivity (Wildman–Crippen MR) is 99.6 cm³/mol. The number of aryl methyl sites for hydroxylation is 1. The van der Waals surface area contributed by atoms with E-state index in [0.29, 0.717) is 12.3 Å². The van der Waals surface area contributed by atoms with Crippen LogP contribution in [-0.2, 0) is 27.8 Å². The fourth-order valence-corrected chi connectivity index (χ4v) is 4.67. The van der Waals surface area contributed by atoms with Gasteiger partial charge in [-0.05, 0) is 55.6 Å². The van der Waals surface area contributed by atoms with Crippen molar-refractivity contribution in [1.29, 1.82) is 0 Å². The number of allylic oxidation sites excluding steroid dienone is 1. The average Bonchev–Trinajstić information content (AvgIpc) is 2.88. The number of hydrogen-bond donors (Lipinski definition) is 0. The van der Waals surface area contributed by atoms with Gasteiger partial charge in [0.05, 0.1) is 6.26 Å². The number of hydrogen-bond acceptors (Lipinski definition) is 3. The molecule has 1 heterocycles. The van der Waals surface area contributed by atoms with Crippen molar-refractivity contribution >= 4 is 5.97 Å². The van der Waals surface area contributed by atoms with Crippen LogP contribution in [0.5, 0.6) is 0 Å². The topological polar surface area (TPSA) is 39.4 Å². The number of esters is 1. The van der Waals surface area contributed by atoms with E-state index < -0.39 is 0 Å². The van der Waals surface area contributed by atoms with Crippen LogP contribution in [0.3, 0.4) is 0 Å². The van der Waals surface area contributed by atoms with Crippen molar-refractivity contribution in [2.45, 2.75) is 77.7 Å². The van der Waals surface area contributed by atoms with Gasteiger partial charge >= 0.3 is 5.97 Å². The van der Waals surface area contributed by atoms with Crippen LogP contribution in [0.2, 0.25) is 0 Å². The third kappa shape index (κ3) is 3.75. The maximum atomic E-state index is 11.4. The second-order valence-electron chi connectivity index (χ2n) is 8.35. The summed E-state index contributed by atoms with van der Waals surface area (Å²) in [6.45, 7) is 12.5. The molecular formula is C22H30O3. The fraction of sp³-hybridized carbons (Fsp3) is 0.591. The van der Waals surface area contributed by atoms with Crippen LogP contribution in [0.15, 0.2) is 34.5 Å². The Morgan fingerprint density at radius 3 is 2.76 bits per heavy atom. The van der Waals surface area contributed by atoms with Crippen LogP contribution in [0.1, 0.15) is 70.3 Å². The summed E-state index contributed by atoms with van der Waals surface area (Å²) in [5, 5.41) is 0. The number of rotatable bonds is 1. The highest BCUT2D eigenvalue weighted by atomic mass is 16.5. The standard InChI is InChI=1S/C22H30O3/c1-14-6-8-18-9-7-17-13-24-20(21(17)22(18,4)5)12-15(2)11-19(10-14)25-16(3)23/h11,13,18-19H,1,6-10,12H2,2-5H3/b15-11+/t18-,19+/m1/s1. The van der Waals surface area contributed by atoms with Gasteiger partial charge < -0.3 is 9.15 Å². The Hall–Kier alpha value is -1.77. The molecule has 0 aliphatic heterocycles. The summed E-state index contributed by atoms with van der Waals surface area (Å²) < 4.78 is 11.5. The van der Waals surface area contributed by atoms with Crippen LogP contribution in [0, 0.1) is 5.92 Å². The summed E-state index contributed by atoms with van der Waals surface area (Å²) >= 11 is 0. The Morgan fingerprint density at radius 2 is 2.04 bits per heavy atom. The minimum Gasteiger partial charge on any atom is -0.468 e. The third-order valence-corrected chi connectivity index (χ3v) is 5.93. The molecule has 2 bridgehead atoms. The monoisotopic (exact) mass is 342 g/mol. The van der Waals surface area contributed by atoms with Crippen LogP contribution >= 0.6 is 0 Å². The van der Waals surface area contributed by atoms with E-state index in [9.17, 15) is 4.79 Å². The van der Waals surface area contributed by atoms with Crippen LogP contribution in [-0.4, -0.2) is 12.1 Å². The van der Waals surface area contributed by atoms with E-state index in [4.69, 9.17) is 9.15 Å². The van der Waals surface area contributed by atoms with Gasteiger partial charge in [-0.15, -0.1) is 0 Å². The minimum atomic E-state index is -0.241. The molecule has 0 aromatic carbocycles. The Kier molecular flexibility index (Phi) is 4.95. The lowest BCUT2D eigenvalue weighted by molar-refractivity contribution is -0.144. The van der Waals surface area contributed by atoms with Crippen molar-refractivity contribution < 1.29 is 13.9 Å². The lowest BCUT2D eigenvalue weighted by atomic mass is 9.64. The second kappa shape index (κ2) is 6.86. The van der Waals surface area contributed by atoms with Crippen molar-refractivity contribution in [1.82, 2.24) is 0 Å². The van der Waals surface area contributed by atoms with E-state index in [1.165, 1.54) is 35.6 Å². The normalized spacial score (nSPS) is 28.3. The van der Waals surface area contributed by atoms with Crippen molar-refractivity contribution in [3.05, 3.63) is 47.0 Å². The average molecular weight is 342 g/mol. The van der Waals surface area contributed by atoms with Crippen LogP contribution in [0.4, 0.5) is 0 Å². The summed E-state index contributed by atoms with van der Waals surface area (Å²) in [7, 11) is 0. The van der Waals surface area contributed by atoms with E-state index in [-0.39, 0.29) is 17.5 Å². The van der Waals surface area contributed by atoms with Gasteiger partial charge in [0.1, 0.15) is 11.9 Å². The van der Waals surface area contributed by atoms with Gasteiger partial charge in [0.25, 0.3) is 0 Å². The van der Waals surface area contributed by atoms with Gasteiger partial charge in [-0.1, -0.05) is 31.6 Å². The Morgan fingerprint density at radius 1 is 1.32 bits per heavy atom. The van der Waals surface area contributed by atoms with Crippen molar-refractivity contribution in [3.8, 4) is 0 Å². The van der Waals surface area contributed by atoms with Crippen molar-refractivity contribution in [2.75, 3.05) is 0 Å². The smallest absolute Gasteiger partial charge is 0.303 e. The molecule has 3 rings (SSSR count). The molecule has 0 amide bonds. The largest absolute Gasteiger partial charge is 0.468 e. The van der Waals surface area contributed by atoms with E-state index >= 15 is 0 Å². The highest BCUT2D eigenvalue weighted by molar-refractivity contribution is 5.66. The Labute approximate surface area is 151 Å². The molecule has 3 heteroatoms. The molecule has 0 spiro atoms. The zero-order valence-electron chi connectivity index (χ0n) is 16.0. The summed E-state index contributed by atoms with van der Waals surface area (Å²) in [6.07, 6.45) is 9.71. The molecule has 2 atom stereocenters. The Bertz CT molecular complexity index is 705. The van der Waals surface area contributed by atoms with Crippen LogP contribution in [0.25, 0.3) is 0 Å². The zero-order chi connectivity index (χ0) is 18.2. The molecule has 1 aromatic heterocycles. The molecule has 3 nitrogen and oxygen atoms in total. The van der Waals surface area contributed by atoms with E-state index in [1.54, 1.807) is 0 Å². The first kappa shape index (κ1) is 18.0. The third-order valence-electron chi connectivity index (χ3n) is 5.93. The Balaban J connectivity index is 1.99. The number of fused-ring (bicyclic) bond motifs is 1. The summed E-state index contributed by atoms with van der Waals surface area (Å²) in [4.78, 5) is 11.4. The van der Waals surface area contributed by atoms with Gasteiger partial charge in [-0.3, -0.25) is 4.79 Å². The molecule has 0 saturated heterocycles. The first-order valence-electron chi connectivity index (χ1n) is 9.38. The summed E-state index contributed by atoms with van der Waals surface area (Å²) in [6, 6.07) is 0. The maximum Gasteiger partial charge on any atom is 0.303 e. The molecule has 2 aliphatic carbocycles. The minimum absolute atomic E-state index is 0.130. The number of furan rings is 1. The van der Waals surface area contributed by atoms with Gasteiger partial charge in [-0.25, -0.2) is 0 Å².